The highest BCUT2D eigenvalue weighted by atomic mass is 15.1. The number of nitrogens with zero attached hydrogens (tertiary/aromatic N) is 2. The molecule has 0 aliphatic carbocycles. The van der Waals surface area contributed by atoms with E-state index in [2.05, 4.69) is 56.7 Å². The summed E-state index contributed by atoms with van der Waals surface area (Å²) in [5.74, 6) is 0. The van der Waals surface area contributed by atoms with Crippen LogP contribution in [0.5, 0.6) is 0 Å². The number of hydrogen-bond acceptors (Lipinski definition) is 3. The summed E-state index contributed by atoms with van der Waals surface area (Å²) in [5.41, 5.74) is 0.446. The van der Waals surface area contributed by atoms with Gasteiger partial charge in [-0.2, -0.15) is 0 Å². The van der Waals surface area contributed by atoms with Crippen LogP contribution >= 0.6 is 0 Å². The molecule has 3 nitrogen and oxygen atoms in total. The first kappa shape index (κ1) is 20.9. The summed E-state index contributed by atoms with van der Waals surface area (Å²) in [5, 5.41) is 3.58. The lowest BCUT2D eigenvalue weighted by atomic mass is 9.81. The van der Waals surface area contributed by atoms with E-state index in [9.17, 15) is 0 Å². The fraction of sp³-hybridized carbons (Fsp3) is 1.00. The SMILES string of the molecule is CCNCC(CC)(CC)CN(CC)CCCN(CC)CC. The van der Waals surface area contributed by atoms with Crippen LogP contribution in [0.3, 0.4) is 0 Å². The summed E-state index contributed by atoms with van der Waals surface area (Å²) in [6.45, 7) is 23.2. The lowest BCUT2D eigenvalue weighted by Gasteiger charge is -2.37. The van der Waals surface area contributed by atoms with Gasteiger partial charge in [-0.25, -0.2) is 0 Å². The zero-order valence-electron chi connectivity index (χ0n) is 15.7. The highest BCUT2D eigenvalue weighted by Gasteiger charge is 2.27. The first-order valence-electron chi connectivity index (χ1n) is 9.26. The second kappa shape index (κ2) is 12.4. The maximum atomic E-state index is 3.58. The van der Waals surface area contributed by atoms with Crippen LogP contribution in [0.25, 0.3) is 0 Å². The monoisotopic (exact) mass is 299 g/mol. The van der Waals surface area contributed by atoms with Gasteiger partial charge >= 0.3 is 0 Å². The molecule has 0 saturated heterocycles. The number of hydrogen-bond donors (Lipinski definition) is 1. The van der Waals surface area contributed by atoms with Gasteiger partial charge in [0.15, 0.2) is 0 Å². The van der Waals surface area contributed by atoms with Gasteiger partial charge in [0, 0.05) is 13.1 Å². The van der Waals surface area contributed by atoms with E-state index in [0.717, 1.165) is 13.1 Å². The van der Waals surface area contributed by atoms with Crippen LogP contribution < -0.4 is 5.32 Å². The largest absolute Gasteiger partial charge is 0.316 e. The molecule has 0 spiro atoms. The van der Waals surface area contributed by atoms with Crippen molar-refractivity contribution in [1.82, 2.24) is 15.1 Å². The van der Waals surface area contributed by atoms with Crippen molar-refractivity contribution in [1.29, 1.82) is 0 Å². The number of nitrogens with one attached hydrogen (secondary N) is 1. The zero-order valence-corrected chi connectivity index (χ0v) is 15.7. The van der Waals surface area contributed by atoms with Crippen molar-refractivity contribution < 1.29 is 0 Å². The zero-order chi connectivity index (χ0) is 16.1. The molecule has 0 aromatic carbocycles. The molecular weight excluding hydrogens is 258 g/mol. The smallest absolute Gasteiger partial charge is 0.00498 e. The van der Waals surface area contributed by atoms with Crippen LogP contribution in [0.15, 0.2) is 0 Å². The van der Waals surface area contributed by atoms with E-state index in [1.54, 1.807) is 0 Å². The Morgan fingerprint density at radius 3 is 1.71 bits per heavy atom. The third-order valence-electron chi connectivity index (χ3n) is 5.10. The number of rotatable bonds is 14. The summed E-state index contributed by atoms with van der Waals surface area (Å²) in [7, 11) is 0. The Morgan fingerprint density at radius 1 is 0.762 bits per heavy atom. The minimum atomic E-state index is 0.446. The maximum Gasteiger partial charge on any atom is 0.00498 e. The molecule has 21 heavy (non-hydrogen) atoms. The van der Waals surface area contributed by atoms with Crippen LogP contribution in [0.1, 0.15) is 60.8 Å². The molecule has 0 aliphatic rings. The summed E-state index contributed by atoms with van der Waals surface area (Å²) in [4.78, 5) is 5.19. The summed E-state index contributed by atoms with van der Waals surface area (Å²) in [6.07, 6.45) is 3.83. The average Bonchev–Trinajstić information content (AvgIpc) is 2.54. The Bertz CT molecular complexity index is 223. The predicted octanol–water partition coefficient (Wildman–Crippen LogP) is 3.46. The van der Waals surface area contributed by atoms with Crippen molar-refractivity contribution in [2.24, 2.45) is 5.41 Å². The average molecular weight is 300 g/mol. The first-order valence-corrected chi connectivity index (χ1v) is 9.26. The van der Waals surface area contributed by atoms with Crippen molar-refractivity contribution in [2.75, 3.05) is 52.4 Å². The van der Waals surface area contributed by atoms with Crippen LogP contribution in [0.4, 0.5) is 0 Å². The fourth-order valence-electron chi connectivity index (χ4n) is 3.05. The quantitative estimate of drug-likeness (QED) is 0.530. The molecular formula is C18H41N3. The van der Waals surface area contributed by atoms with E-state index in [0.29, 0.717) is 5.41 Å². The van der Waals surface area contributed by atoms with E-state index >= 15 is 0 Å². The fourth-order valence-corrected chi connectivity index (χ4v) is 3.05. The Balaban J connectivity index is 4.36. The topological polar surface area (TPSA) is 18.5 Å². The molecule has 3 heteroatoms. The van der Waals surface area contributed by atoms with Crippen LogP contribution in [0, 0.1) is 5.41 Å². The van der Waals surface area contributed by atoms with Gasteiger partial charge in [0.25, 0.3) is 0 Å². The van der Waals surface area contributed by atoms with Crippen molar-refractivity contribution in [3.63, 3.8) is 0 Å². The van der Waals surface area contributed by atoms with Gasteiger partial charge in [-0.05, 0) is 63.9 Å². The van der Waals surface area contributed by atoms with E-state index in [-0.39, 0.29) is 0 Å². The van der Waals surface area contributed by atoms with Gasteiger partial charge < -0.3 is 15.1 Å². The normalized spacial score (nSPS) is 12.6. The van der Waals surface area contributed by atoms with Gasteiger partial charge in [0.2, 0.25) is 0 Å². The molecule has 0 atom stereocenters. The predicted molar refractivity (Wildman–Crippen MR) is 96.1 cm³/mol. The molecule has 1 N–H and O–H groups in total. The molecule has 0 aromatic rings. The molecule has 0 aliphatic heterocycles. The molecule has 0 rings (SSSR count). The maximum absolute atomic E-state index is 3.58. The van der Waals surface area contributed by atoms with Gasteiger partial charge in [0.05, 0.1) is 0 Å². The van der Waals surface area contributed by atoms with Crippen LogP contribution in [-0.2, 0) is 0 Å². The Labute approximate surface area is 134 Å². The Kier molecular flexibility index (Phi) is 12.4. The van der Waals surface area contributed by atoms with Gasteiger partial charge in [-0.3, -0.25) is 0 Å². The molecule has 0 amide bonds. The van der Waals surface area contributed by atoms with Crippen LogP contribution in [-0.4, -0.2) is 62.2 Å². The van der Waals surface area contributed by atoms with Gasteiger partial charge in [0.1, 0.15) is 0 Å². The van der Waals surface area contributed by atoms with E-state index in [1.807, 2.05) is 0 Å². The van der Waals surface area contributed by atoms with E-state index in [1.165, 1.54) is 58.5 Å². The van der Waals surface area contributed by atoms with E-state index in [4.69, 9.17) is 0 Å². The Hall–Kier alpha value is -0.120. The molecule has 128 valence electrons. The standard InChI is InChI=1S/C18H41N3/c1-7-18(8-2,16-19-9-3)17-21(12-6)15-13-14-20(10-4)11-5/h19H,7-17H2,1-6H3. The first-order chi connectivity index (χ1) is 10.1. The second-order valence-corrected chi connectivity index (χ2v) is 6.24. The summed E-state index contributed by atoms with van der Waals surface area (Å²) >= 11 is 0. The van der Waals surface area contributed by atoms with E-state index < -0.39 is 0 Å². The van der Waals surface area contributed by atoms with Crippen molar-refractivity contribution in [2.45, 2.75) is 60.8 Å². The molecule has 0 heterocycles. The minimum absolute atomic E-state index is 0.446. The summed E-state index contributed by atoms with van der Waals surface area (Å²) in [6, 6.07) is 0. The molecule has 0 unspecified atom stereocenters. The lowest BCUT2D eigenvalue weighted by Crippen LogP contribution is -2.44. The molecule has 0 bridgehead atoms. The minimum Gasteiger partial charge on any atom is -0.316 e. The second-order valence-electron chi connectivity index (χ2n) is 6.24. The third kappa shape index (κ3) is 8.18. The van der Waals surface area contributed by atoms with Gasteiger partial charge in [-0.1, -0.05) is 41.5 Å². The third-order valence-corrected chi connectivity index (χ3v) is 5.10. The van der Waals surface area contributed by atoms with Crippen molar-refractivity contribution in [3.05, 3.63) is 0 Å². The lowest BCUT2D eigenvalue weighted by molar-refractivity contribution is 0.134. The molecule has 0 radical (unpaired) electrons. The highest BCUT2D eigenvalue weighted by molar-refractivity contribution is 4.82. The molecule has 0 fully saturated rings. The highest BCUT2D eigenvalue weighted by Crippen LogP contribution is 2.27. The summed E-state index contributed by atoms with van der Waals surface area (Å²) < 4.78 is 0. The van der Waals surface area contributed by atoms with Crippen LogP contribution in [0.2, 0.25) is 0 Å². The van der Waals surface area contributed by atoms with Crippen molar-refractivity contribution >= 4 is 0 Å². The van der Waals surface area contributed by atoms with Gasteiger partial charge in [-0.15, -0.1) is 0 Å². The Morgan fingerprint density at radius 2 is 1.29 bits per heavy atom. The molecule has 0 aromatic heterocycles. The molecule has 0 saturated carbocycles. The van der Waals surface area contributed by atoms with Crippen molar-refractivity contribution in [3.8, 4) is 0 Å².